The number of carbonyl (C=O) groups excluding carboxylic acids is 1. The van der Waals surface area contributed by atoms with E-state index in [0.29, 0.717) is 22.0 Å². The first-order chi connectivity index (χ1) is 11.7. The van der Waals surface area contributed by atoms with Crippen molar-refractivity contribution in [3.63, 3.8) is 0 Å². The van der Waals surface area contributed by atoms with Gasteiger partial charge in [0.1, 0.15) is 5.75 Å². The van der Waals surface area contributed by atoms with Crippen LogP contribution in [0.15, 0.2) is 52.3 Å². The van der Waals surface area contributed by atoms with Gasteiger partial charge in [-0.2, -0.15) is 0 Å². The van der Waals surface area contributed by atoms with Crippen LogP contribution in [-0.4, -0.2) is 20.0 Å². The molecule has 0 fully saturated rings. The lowest BCUT2D eigenvalue weighted by Crippen LogP contribution is -1.95. The first-order valence-electron chi connectivity index (χ1n) is 7.39. The molecule has 4 aromatic rings. The first-order valence-corrected chi connectivity index (χ1v) is 8.27. The molecule has 0 aliphatic heterocycles. The monoisotopic (exact) mass is 338 g/mol. The largest absolute Gasteiger partial charge is 0.495 e. The minimum absolute atomic E-state index is 0.144. The Morgan fingerprint density at radius 1 is 0.958 bits per heavy atom. The Morgan fingerprint density at radius 2 is 1.67 bits per heavy atom. The van der Waals surface area contributed by atoms with Gasteiger partial charge in [0.2, 0.25) is 5.78 Å². The van der Waals surface area contributed by atoms with Gasteiger partial charge in [0.15, 0.2) is 17.1 Å². The van der Waals surface area contributed by atoms with E-state index in [9.17, 15) is 4.79 Å². The molecule has 0 atom stereocenters. The summed E-state index contributed by atoms with van der Waals surface area (Å²) in [4.78, 5) is 13.2. The molecule has 0 saturated heterocycles. The van der Waals surface area contributed by atoms with E-state index in [1.54, 1.807) is 26.4 Å². The molecule has 0 aliphatic rings. The van der Waals surface area contributed by atoms with E-state index >= 15 is 0 Å². The molecule has 0 N–H and O–H groups in total. The number of hydrogen-bond acceptors (Lipinski definition) is 5. The molecule has 0 unspecified atom stereocenters. The van der Waals surface area contributed by atoms with Crippen molar-refractivity contribution in [1.82, 2.24) is 0 Å². The van der Waals surface area contributed by atoms with E-state index in [2.05, 4.69) is 0 Å². The molecular formula is C19H14O4S. The van der Waals surface area contributed by atoms with Gasteiger partial charge in [0, 0.05) is 10.8 Å². The summed E-state index contributed by atoms with van der Waals surface area (Å²) in [6, 6.07) is 13.1. The number of furan rings is 1. The van der Waals surface area contributed by atoms with Crippen molar-refractivity contribution >= 4 is 38.9 Å². The lowest BCUT2D eigenvalue weighted by Gasteiger charge is -2.10. The van der Waals surface area contributed by atoms with Crippen LogP contribution in [0.25, 0.3) is 21.7 Å². The van der Waals surface area contributed by atoms with E-state index in [0.717, 1.165) is 16.2 Å². The van der Waals surface area contributed by atoms with Crippen molar-refractivity contribution in [2.75, 3.05) is 14.2 Å². The fraction of sp³-hybridized carbons (Fsp3) is 0.105. The molecule has 120 valence electrons. The maximum Gasteiger partial charge on any atom is 0.238 e. The van der Waals surface area contributed by atoms with Crippen LogP contribution in [0.1, 0.15) is 15.4 Å². The maximum atomic E-state index is 12.6. The van der Waals surface area contributed by atoms with Crippen molar-refractivity contribution < 1.29 is 18.7 Å². The molecule has 0 aliphatic carbocycles. The van der Waals surface area contributed by atoms with Crippen molar-refractivity contribution in [1.29, 1.82) is 0 Å². The van der Waals surface area contributed by atoms with Crippen molar-refractivity contribution in [2.45, 2.75) is 0 Å². The predicted molar refractivity (Wildman–Crippen MR) is 94.6 cm³/mol. The average molecular weight is 338 g/mol. The summed E-state index contributed by atoms with van der Waals surface area (Å²) in [5.41, 5.74) is 0.521. The number of ketones is 1. The van der Waals surface area contributed by atoms with Gasteiger partial charge in [0.05, 0.1) is 24.5 Å². The van der Waals surface area contributed by atoms with Gasteiger partial charge in [0.25, 0.3) is 0 Å². The molecule has 5 heteroatoms. The average Bonchev–Trinajstić information content (AvgIpc) is 3.28. The Balaban J connectivity index is 2.05. The third-order valence-electron chi connectivity index (χ3n) is 3.98. The quantitative estimate of drug-likeness (QED) is 0.497. The number of benzene rings is 2. The summed E-state index contributed by atoms with van der Waals surface area (Å²) < 4.78 is 17.0. The maximum absolute atomic E-state index is 12.6. The zero-order valence-corrected chi connectivity index (χ0v) is 14.0. The molecule has 4 rings (SSSR count). The number of ether oxygens (including phenoxy) is 2. The van der Waals surface area contributed by atoms with Gasteiger partial charge in [-0.15, -0.1) is 11.3 Å². The summed E-state index contributed by atoms with van der Waals surface area (Å²) in [6.07, 6.45) is 0. The smallest absolute Gasteiger partial charge is 0.238 e. The minimum Gasteiger partial charge on any atom is -0.495 e. The number of rotatable bonds is 4. The zero-order valence-electron chi connectivity index (χ0n) is 13.2. The van der Waals surface area contributed by atoms with E-state index in [-0.39, 0.29) is 11.5 Å². The topological polar surface area (TPSA) is 48.7 Å². The highest BCUT2D eigenvalue weighted by Crippen LogP contribution is 2.44. The fourth-order valence-corrected chi connectivity index (χ4v) is 3.61. The van der Waals surface area contributed by atoms with Crippen LogP contribution >= 0.6 is 11.3 Å². The predicted octanol–water partition coefficient (Wildman–Crippen LogP) is 4.90. The first kappa shape index (κ1) is 14.8. The molecule has 2 heterocycles. The Kier molecular flexibility index (Phi) is 3.50. The van der Waals surface area contributed by atoms with Crippen LogP contribution in [0.4, 0.5) is 0 Å². The SMILES string of the molecule is COc1c2ccccc2c(OC)c2oc(C(=O)c3cccs3)cc12. The normalized spacial score (nSPS) is 11.1. The highest BCUT2D eigenvalue weighted by Gasteiger charge is 2.22. The molecule has 0 spiro atoms. The summed E-state index contributed by atoms with van der Waals surface area (Å²) in [7, 11) is 3.21. The molecule has 24 heavy (non-hydrogen) atoms. The Labute approximate surface area is 142 Å². The summed E-state index contributed by atoms with van der Waals surface area (Å²) in [5, 5.41) is 4.40. The van der Waals surface area contributed by atoms with Gasteiger partial charge in [-0.1, -0.05) is 30.3 Å². The van der Waals surface area contributed by atoms with E-state index in [4.69, 9.17) is 13.9 Å². The molecule has 0 saturated carbocycles. The molecule has 0 radical (unpaired) electrons. The zero-order chi connectivity index (χ0) is 16.7. The molecule has 2 aromatic heterocycles. The Bertz CT molecular complexity index is 984. The standard InChI is InChI=1S/C19H14O4S/c1-21-17-11-6-3-4-7-12(11)18(22-2)19-13(17)10-14(23-19)16(20)15-8-5-9-24-15/h3-10H,1-2H3. The third-order valence-corrected chi connectivity index (χ3v) is 4.84. The Morgan fingerprint density at radius 3 is 2.29 bits per heavy atom. The second-order valence-electron chi connectivity index (χ2n) is 5.27. The van der Waals surface area contributed by atoms with Crippen LogP contribution in [0, 0.1) is 0 Å². The van der Waals surface area contributed by atoms with Crippen molar-refractivity contribution in [3.05, 3.63) is 58.5 Å². The molecule has 0 amide bonds. The number of thiophene rings is 1. The molecule has 4 nitrogen and oxygen atoms in total. The van der Waals surface area contributed by atoms with Gasteiger partial charge in [-0.05, 0) is 17.5 Å². The Hall–Kier alpha value is -2.79. The summed E-state index contributed by atoms with van der Waals surface area (Å²) in [6.45, 7) is 0. The van der Waals surface area contributed by atoms with Crippen LogP contribution in [0.2, 0.25) is 0 Å². The van der Waals surface area contributed by atoms with Gasteiger partial charge >= 0.3 is 0 Å². The van der Waals surface area contributed by atoms with E-state index in [1.165, 1.54) is 11.3 Å². The summed E-state index contributed by atoms with van der Waals surface area (Å²) in [5.74, 6) is 1.41. The second kappa shape index (κ2) is 5.69. The van der Waals surface area contributed by atoms with Crippen LogP contribution in [0.5, 0.6) is 11.5 Å². The molecular weight excluding hydrogens is 324 g/mol. The van der Waals surface area contributed by atoms with Gasteiger partial charge in [-0.25, -0.2) is 0 Å². The number of methoxy groups -OCH3 is 2. The molecule has 0 bridgehead atoms. The third kappa shape index (κ3) is 2.09. The van der Waals surface area contributed by atoms with Crippen LogP contribution in [-0.2, 0) is 0 Å². The van der Waals surface area contributed by atoms with Crippen LogP contribution < -0.4 is 9.47 Å². The lowest BCUT2D eigenvalue weighted by molar-refractivity contribution is 0.101. The van der Waals surface area contributed by atoms with Crippen molar-refractivity contribution in [3.8, 4) is 11.5 Å². The molecule has 2 aromatic carbocycles. The van der Waals surface area contributed by atoms with Crippen molar-refractivity contribution in [2.24, 2.45) is 0 Å². The summed E-state index contributed by atoms with van der Waals surface area (Å²) >= 11 is 1.39. The number of fused-ring (bicyclic) bond motifs is 2. The lowest BCUT2D eigenvalue weighted by atomic mass is 10.1. The minimum atomic E-state index is -0.144. The van der Waals surface area contributed by atoms with Gasteiger partial charge in [-0.3, -0.25) is 4.79 Å². The number of carbonyl (C=O) groups is 1. The van der Waals surface area contributed by atoms with Gasteiger partial charge < -0.3 is 13.9 Å². The fourth-order valence-electron chi connectivity index (χ4n) is 2.94. The van der Waals surface area contributed by atoms with Crippen LogP contribution in [0.3, 0.4) is 0 Å². The second-order valence-corrected chi connectivity index (χ2v) is 6.22. The highest BCUT2D eigenvalue weighted by molar-refractivity contribution is 7.12. The number of hydrogen-bond donors (Lipinski definition) is 0. The van der Waals surface area contributed by atoms with E-state index in [1.807, 2.05) is 35.7 Å². The highest BCUT2D eigenvalue weighted by atomic mass is 32.1. The van der Waals surface area contributed by atoms with E-state index < -0.39 is 0 Å².